The molecule has 0 amide bonds. The summed E-state index contributed by atoms with van der Waals surface area (Å²) in [4.78, 5) is 5.88. The van der Waals surface area contributed by atoms with E-state index in [4.69, 9.17) is 0 Å². The summed E-state index contributed by atoms with van der Waals surface area (Å²) in [6, 6.07) is 17.2. The molecule has 2 heterocycles. The third kappa shape index (κ3) is 2.97. The number of nitrogens with zero attached hydrogens (tertiary/aromatic N) is 1. The van der Waals surface area contributed by atoms with E-state index in [9.17, 15) is 0 Å². The first-order chi connectivity index (χ1) is 11.3. The van der Waals surface area contributed by atoms with Crippen molar-refractivity contribution in [2.75, 3.05) is 25.5 Å². The van der Waals surface area contributed by atoms with Crippen LogP contribution in [-0.4, -0.2) is 30.0 Å². The van der Waals surface area contributed by atoms with Crippen LogP contribution in [0.5, 0.6) is 0 Å². The zero-order valence-corrected chi connectivity index (χ0v) is 13.5. The highest BCUT2D eigenvalue weighted by Crippen LogP contribution is 2.32. The van der Waals surface area contributed by atoms with Gasteiger partial charge >= 0.3 is 0 Å². The van der Waals surface area contributed by atoms with Crippen molar-refractivity contribution >= 4 is 16.6 Å². The molecule has 1 fully saturated rings. The largest absolute Gasteiger partial charge is 0.381 e. The number of aromatic amines is 1. The van der Waals surface area contributed by atoms with Crippen molar-refractivity contribution in [3.63, 3.8) is 0 Å². The van der Waals surface area contributed by atoms with Crippen LogP contribution >= 0.6 is 0 Å². The summed E-state index contributed by atoms with van der Waals surface area (Å²) in [7, 11) is 2.21. The topological polar surface area (TPSA) is 31.1 Å². The molecule has 118 valence electrons. The molecule has 0 saturated carbocycles. The Morgan fingerprint density at radius 2 is 2.04 bits per heavy atom. The molecule has 2 N–H and O–H groups in total. The molecule has 3 heteroatoms. The molecule has 1 saturated heterocycles. The highest BCUT2D eigenvalue weighted by molar-refractivity contribution is 5.86. The Labute approximate surface area is 137 Å². The minimum Gasteiger partial charge on any atom is -0.381 e. The fraction of sp³-hybridized carbons (Fsp3) is 0.300. The number of likely N-dealkylation sites (N-methyl/N-ethyl adjacent to an activating group) is 1. The van der Waals surface area contributed by atoms with Crippen molar-refractivity contribution in [2.45, 2.75) is 18.9 Å². The molecule has 1 unspecified atom stereocenters. The Hall–Kier alpha value is -2.26. The van der Waals surface area contributed by atoms with E-state index in [-0.39, 0.29) is 0 Å². The summed E-state index contributed by atoms with van der Waals surface area (Å²) < 4.78 is 0. The number of anilines is 1. The molecule has 1 aliphatic heterocycles. The van der Waals surface area contributed by atoms with Gasteiger partial charge in [-0.15, -0.1) is 0 Å². The van der Waals surface area contributed by atoms with Crippen LogP contribution in [0.2, 0.25) is 0 Å². The van der Waals surface area contributed by atoms with Crippen molar-refractivity contribution in [1.29, 1.82) is 0 Å². The van der Waals surface area contributed by atoms with Crippen LogP contribution in [-0.2, 0) is 6.54 Å². The third-order valence-electron chi connectivity index (χ3n) is 4.88. The number of rotatable bonds is 4. The van der Waals surface area contributed by atoms with Crippen LogP contribution in [0, 0.1) is 0 Å². The molecule has 3 aromatic rings. The van der Waals surface area contributed by atoms with E-state index < -0.39 is 0 Å². The van der Waals surface area contributed by atoms with Gasteiger partial charge in [-0.3, -0.25) is 0 Å². The summed E-state index contributed by atoms with van der Waals surface area (Å²) >= 11 is 0. The molecule has 0 radical (unpaired) electrons. The predicted octanol–water partition coefficient (Wildman–Crippen LogP) is 4.20. The van der Waals surface area contributed by atoms with Gasteiger partial charge in [-0.2, -0.15) is 0 Å². The molecular weight excluding hydrogens is 282 g/mol. The van der Waals surface area contributed by atoms with Gasteiger partial charge in [0.2, 0.25) is 0 Å². The van der Waals surface area contributed by atoms with Gasteiger partial charge in [-0.05, 0) is 49.2 Å². The normalized spacial score (nSPS) is 18.6. The first-order valence-corrected chi connectivity index (χ1v) is 8.37. The van der Waals surface area contributed by atoms with Gasteiger partial charge in [-0.1, -0.05) is 36.4 Å². The van der Waals surface area contributed by atoms with Gasteiger partial charge in [0.05, 0.1) is 0 Å². The molecule has 4 rings (SSSR count). The van der Waals surface area contributed by atoms with E-state index in [1.807, 2.05) is 0 Å². The van der Waals surface area contributed by atoms with E-state index in [1.54, 1.807) is 0 Å². The maximum atomic E-state index is 3.51. The number of nitrogens with one attached hydrogen (secondary N) is 2. The SMILES string of the molecule is CN1CCC(c2c[nH]c3cc(NCc4ccccc4)ccc23)C1. The fourth-order valence-corrected chi connectivity index (χ4v) is 3.59. The summed E-state index contributed by atoms with van der Waals surface area (Å²) in [5.41, 5.74) is 5.17. The molecular formula is C20H23N3. The second-order valence-electron chi connectivity index (χ2n) is 6.59. The van der Waals surface area contributed by atoms with Gasteiger partial charge < -0.3 is 15.2 Å². The van der Waals surface area contributed by atoms with Gasteiger partial charge in [0, 0.05) is 35.9 Å². The molecule has 3 nitrogen and oxygen atoms in total. The second kappa shape index (κ2) is 6.09. The van der Waals surface area contributed by atoms with Crippen molar-refractivity contribution < 1.29 is 0 Å². The maximum Gasteiger partial charge on any atom is 0.0477 e. The predicted molar refractivity (Wildman–Crippen MR) is 96.9 cm³/mol. The molecule has 2 aromatic carbocycles. The number of fused-ring (bicyclic) bond motifs is 1. The minimum atomic E-state index is 0.664. The average Bonchev–Trinajstić information content (AvgIpc) is 3.19. The number of aromatic nitrogens is 1. The van der Waals surface area contributed by atoms with Crippen LogP contribution in [0.25, 0.3) is 10.9 Å². The summed E-state index contributed by atoms with van der Waals surface area (Å²) in [5, 5.41) is 4.88. The first kappa shape index (κ1) is 14.3. The lowest BCUT2D eigenvalue weighted by Crippen LogP contribution is -2.13. The number of H-pyrrole nitrogens is 1. The second-order valence-corrected chi connectivity index (χ2v) is 6.59. The number of hydrogen-bond acceptors (Lipinski definition) is 2. The van der Waals surface area contributed by atoms with Crippen LogP contribution in [0.1, 0.15) is 23.5 Å². The number of likely N-dealkylation sites (tertiary alicyclic amines) is 1. The molecule has 1 atom stereocenters. The lowest BCUT2D eigenvalue weighted by atomic mass is 9.98. The summed E-state index contributed by atoms with van der Waals surface area (Å²) in [5.74, 6) is 0.664. The molecule has 0 bridgehead atoms. The lowest BCUT2D eigenvalue weighted by molar-refractivity contribution is 0.412. The third-order valence-corrected chi connectivity index (χ3v) is 4.88. The average molecular weight is 305 g/mol. The van der Waals surface area contributed by atoms with E-state index in [0.29, 0.717) is 5.92 Å². The van der Waals surface area contributed by atoms with Gasteiger partial charge in [0.15, 0.2) is 0 Å². The van der Waals surface area contributed by atoms with Crippen LogP contribution in [0.4, 0.5) is 5.69 Å². The zero-order valence-electron chi connectivity index (χ0n) is 13.5. The number of hydrogen-bond donors (Lipinski definition) is 2. The Morgan fingerprint density at radius 1 is 1.17 bits per heavy atom. The van der Waals surface area contributed by atoms with Gasteiger partial charge in [0.1, 0.15) is 0 Å². The summed E-state index contributed by atoms with van der Waals surface area (Å²) in [6.45, 7) is 3.22. The van der Waals surface area contributed by atoms with Gasteiger partial charge in [-0.25, -0.2) is 0 Å². The Bertz CT molecular complexity index is 791. The van der Waals surface area contributed by atoms with Crippen LogP contribution in [0.15, 0.2) is 54.7 Å². The zero-order chi connectivity index (χ0) is 15.6. The Balaban J connectivity index is 1.53. The Kier molecular flexibility index (Phi) is 3.80. The van der Waals surface area contributed by atoms with E-state index >= 15 is 0 Å². The van der Waals surface area contributed by atoms with Crippen molar-refractivity contribution in [3.8, 4) is 0 Å². The lowest BCUT2D eigenvalue weighted by Gasteiger charge is -2.10. The monoisotopic (exact) mass is 305 g/mol. The highest BCUT2D eigenvalue weighted by atomic mass is 15.1. The molecule has 0 aliphatic carbocycles. The maximum absolute atomic E-state index is 3.51. The van der Waals surface area contributed by atoms with Crippen molar-refractivity contribution in [1.82, 2.24) is 9.88 Å². The molecule has 0 spiro atoms. The smallest absolute Gasteiger partial charge is 0.0477 e. The summed E-state index contributed by atoms with van der Waals surface area (Å²) in [6.07, 6.45) is 3.47. The van der Waals surface area contributed by atoms with Crippen LogP contribution < -0.4 is 5.32 Å². The van der Waals surface area contributed by atoms with Crippen molar-refractivity contribution in [2.24, 2.45) is 0 Å². The van der Waals surface area contributed by atoms with E-state index in [0.717, 1.165) is 6.54 Å². The number of benzene rings is 2. The van der Waals surface area contributed by atoms with E-state index in [1.165, 1.54) is 47.2 Å². The fourth-order valence-electron chi connectivity index (χ4n) is 3.59. The van der Waals surface area contributed by atoms with Crippen LogP contribution in [0.3, 0.4) is 0 Å². The van der Waals surface area contributed by atoms with Crippen molar-refractivity contribution in [3.05, 3.63) is 65.9 Å². The standard InChI is InChI=1S/C20H23N3/c1-23-10-9-16(14-23)19-13-22-20-11-17(7-8-18(19)20)21-12-15-5-3-2-4-6-15/h2-8,11,13,16,21-22H,9-10,12,14H2,1H3. The highest BCUT2D eigenvalue weighted by Gasteiger charge is 2.23. The minimum absolute atomic E-state index is 0.664. The quantitative estimate of drug-likeness (QED) is 0.757. The van der Waals surface area contributed by atoms with E-state index in [2.05, 4.69) is 77.0 Å². The molecule has 23 heavy (non-hydrogen) atoms. The molecule has 1 aromatic heterocycles. The van der Waals surface area contributed by atoms with Gasteiger partial charge in [0.25, 0.3) is 0 Å². The first-order valence-electron chi connectivity index (χ1n) is 8.37. The Morgan fingerprint density at radius 3 is 2.83 bits per heavy atom. The molecule has 1 aliphatic rings.